The molecule has 21 heavy (non-hydrogen) atoms. The standard InChI is InChI=1S/C15H26N2O3S/c1-3-4-5-6-7-8-11-20-14-12-13(2)9-10-15(14)21(18,19)17-16/h9-10,12,17H,3-8,11,16H2,1-2H3. The molecule has 0 spiro atoms. The van der Waals surface area contributed by atoms with Gasteiger partial charge in [0, 0.05) is 0 Å². The quantitative estimate of drug-likeness (QED) is 0.395. The Kier molecular flexibility index (Phi) is 7.71. The number of nitrogens with one attached hydrogen (secondary N) is 1. The van der Waals surface area contributed by atoms with Gasteiger partial charge in [0.1, 0.15) is 10.6 Å². The summed E-state index contributed by atoms with van der Waals surface area (Å²) in [6.07, 6.45) is 6.96. The summed E-state index contributed by atoms with van der Waals surface area (Å²) in [7, 11) is -3.70. The Bertz CT molecular complexity index is 530. The largest absolute Gasteiger partial charge is 0.492 e. The Morgan fingerprint density at radius 1 is 1.14 bits per heavy atom. The minimum atomic E-state index is -3.70. The van der Waals surface area contributed by atoms with E-state index in [2.05, 4.69) is 6.92 Å². The fourth-order valence-corrected chi connectivity index (χ4v) is 2.83. The van der Waals surface area contributed by atoms with Crippen molar-refractivity contribution in [1.29, 1.82) is 0 Å². The maximum Gasteiger partial charge on any atom is 0.256 e. The maximum absolute atomic E-state index is 11.8. The second-order valence-electron chi connectivity index (χ2n) is 5.19. The molecule has 0 saturated heterocycles. The van der Waals surface area contributed by atoms with Crippen LogP contribution in [0.4, 0.5) is 0 Å². The van der Waals surface area contributed by atoms with E-state index in [1.807, 2.05) is 11.8 Å². The molecule has 1 rings (SSSR count). The SMILES string of the molecule is CCCCCCCCOc1cc(C)ccc1S(=O)(=O)NN. The molecule has 0 radical (unpaired) electrons. The summed E-state index contributed by atoms with van der Waals surface area (Å²) in [5.41, 5.74) is 0.948. The molecule has 0 amide bonds. The van der Waals surface area contributed by atoms with E-state index in [0.717, 1.165) is 18.4 Å². The molecule has 3 N–H and O–H groups in total. The van der Waals surface area contributed by atoms with Crippen molar-refractivity contribution < 1.29 is 13.2 Å². The van der Waals surface area contributed by atoms with E-state index < -0.39 is 10.0 Å². The van der Waals surface area contributed by atoms with Crippen molar-refractivity contribution in [2.24, 2.45) is 5.84 Å². The average Bonchev–Trinajstić information content (AvgIpc) is 2.46. The molecule has 6 heteroatoms. The van der Waals surface area contributed by atoms with Crippen LogP contribution in [0, 0.1) is 6.92 Å². The number of hydrogen-bond acceptors (Lipinski definition) is 4. The Labute approximate surface area is 127 Å². The first-order chi connectivity index (χ1) is 10.0. The zero-order valence-electron chi connectivity index (χ0n) is 12.9. The smallest absolute Gasteiger partial charge is 0.256 e. The lowest BCUT2D eigenvalue weighted by Crippen LogP contribution is -2.30. The number of hydrazine groups is 1. The zero-order valence-corrected chi connectivity index (χ0v) is 13.7. The predicted octanol–water partition coefficient (Wildman–Crippen LogP) is 2.89. The van der Waals surface area contributed by atoms with Crippen LogP contribution in [0.3, 0.4) is 0 Å². The third-order valence-corrected chi connectivity index (χ3v) is 4.53. The van der Waals surface area contributed by atoms with Gasteiger partial charge < -0.3 is 4.74 Å². The highest BCUT2D eigenvalue weighted by Gasteiger charge is 2.18. The van der Waals surface area contributed by atoms with Gasteiger partial charge in [-0.05, 0) is 31.0 Å². The van der Waals surface area contributed by atoms with E-state index >= 15 is 0 Å². The molecule has 0 aliphatic rings. The molecule has 5 nitrogen and oxygen atoms in total. The summed E-state index contributed by atoms with van der Waals surface area (Å²) >= 11 is 0. The molecule has 0 aliphatic heterocycles. The molecule has 0 aliphatic carbocycles. The van der Waals surface area contributed by atoms with Crippen LogP contribution >= 0.6 is 0 Å². The number of unbranched alkanes of at least 4 members (excludes halogenated alkanes) is 5. The predicted molar refractivity (Wildman–Crippen MR) is 84.6 cm³/mol. The molecule has 0 aromatic heterocycles. The summed E-state index contributed by atoms with van der Waals surface area (Å²) in [5, 5.41) is 0. The summed E-state index contributed by atoms with van der Waals surface area (Å²) in [4.78, 5) is 1.92. The van der Waals surface area contributed by atoms with Gasteiger partial charge in [-0.15, -0.1) is 4.83 Å². The lowest BCUT2D eigenvalue weighted by Gasteiger charge is -2.12. The van der Waals surface area contributed by atoms with Crippen LogP contribution in [-0.2, 0) is 10.0 Å². The fourth-order valence-electron chi connectivity index (χ4n) is 2.08. The number of nitrogens with two attached hydrogens (primary N) is 1. The number of rotatable bonds is 10. The molecule has 0 bridgehead atoms. The fraction of sp³-hybridized carbons (Fsp3) is 0.600. The molecule has 120 valence electrons. The lowest BCUT2D eigenvalue weighted by atomic mass is 10.1. The average molecular weight is 314 g/mol. The molecule has 1 aromatic carbocycles. The van der Waals surface area contributed by atoms with Gasteiger partial charge in [0.15, 0.2) is 0 Å². The molecule has 1 aromatic rings. The van der Waals surface area contributed by atoms with E-state index in [1.165, 1.54) is 31.7 Å². The molecule has 0 unspecified atom stereocenters. The van der Waals surface area contributed by atoms with Gasteiger partial charge >= 0.3 is 0 Å². The summed E-state index contributed by atoms with van der Waals surface area (Å²) in [6.45, 7) is 4.60. The van der Waals surface area contributed by atoms with Crippen molar-refractivity contribution in [2.45, 2.75) is 57.3 Å². The van der Waals surface area contributed by atoms with Gasteiger partial charge in [-0.25, -0.2) is 8.42 Å². The third-order valence-electron chi connectivity index (χ3n) is 3.30. The Hall–Kier alpha value is -1.11. The van der Waals surface area contributed by atoms with Crippen LogP contribution in [0.5, 0.6) is 5.75 Å². The number of ether oxygens (including phenoxy) is 1. The van der Waals surface area contributed by atoms with Crippen molar-refractivity contribution >= 4 is 10.0 Å². The van der Waals surface area contributed by atoms with Crippen LogP contribution in [0.2, 0.25) is 0 Å². The second-order valence-corrected chi connectivity index (χ2v) is 6.87. The van der Waals surface area contributed by atoms with Crippen LogP contribution in [0.1, 0.15) is 51.0 Å². The summed E-state index contributed by atoms with van der Waals surface area (Å²) in [5.74, 6) is 5.44. The number of benzene rings is 1. The van der Waals surface area contributed by atoms with Gasteiger partial charge in [0.05, 0.1) is 6.61 Å². The van der Waals surface area contributed by atoms with E-state index in [-0.39, 0.29) is 4.90 Å². The monoisotopic (exact) mass is 314 g/mol. The second kappa shape index (κ2) is 9.02. The van der Waals surface area contributed by atoms with Crippen LogP contribution in [0.25, 0.3) is 0 Å². The molecule has 0 saturated carbocycles. The number of aryl methyl sites for hydroxylation is 1. The van der Waals surface area contributed by atoms with Gasteiger partial charge in [0.25, 0.3) is 10.0 Å². The minimum Gasteiger partial charge on any atom is -0.492 e. The normalized spacial score (nSPS) is 11.6. The Morgan fingerprint density at radius 2 is 1.81 bits per heavy atom. The van der Waals surface area contributed by atoms with Crippen LogP contribution in [0.15, 0.2) is 23.1 Å². The summed E-state index contributed by atoms with van der Waals surface area (Å²) < 4.78 is 29.3. The van der Waals surface area contributed by atoms with Gasteiger partial charge in [-0.2, -0.15) is 0 Å². The lowest BCUT2D eigenvalue weighted by molar-refractivity contribution is 0.296. The van der Waals surface area contributed by atoms with E-state index in [0.29, 0.717) is 12.4 Å². The van der Waals surface area contributed by atoms with E-state index in [9.17, 15) is 8.42 Å². The Balaban J connectivity index is 2.56. The highest BCUT2D eigenvalue weighted by atomic mass is 32.2. The van der Waals surface area contributed by atoms with Gasteiger partial charge in [0.2, 0.25) is 0 Å². The number of sulfonamides is 1. The first kappa shape index (κ1) is 17.9. The van der Waals surface area contributed by atoms with Crippen molar-refractivity contribution in [2.75, 3.05) is 6.61 Å². The molecule has 0 fully saturated rings. The topological polar surface area (TPSA) is 81.4 Å². The van der Waals surface area contributed by atoms with Crippen LogP contribution < -0.4 is 15.4 Å². The highest BCUT2D eigenvalue weighted by Crippen LogP contribution is 2.25. The Morgan fingerprint density at radius 3 is 2.48 bits per heavy atom. The third kappa shape index (κ3) is 6.03. The van der Waals surface area contributed by atoms with E-state index in [4.69, 9.17) is 10.6 Å². The van der Waals surface area contributed by atoms with Crippen molar-refractivity contribution in [3.05, 3.63) is 23.8 Å². The first-order valence-corrected chi connectivity index (χ1v) is 8.95. The van der Waals surface area contributed by atoms with Crippen molar-refractivity contribution in [3.8, 4) is 5.75 Å². The van der Waals surface area contributed by atoms with Crippen molar-refractivity contribution in [3.63, 3.8) is 0 Å². The number of hydrogen-bond donors (Lipinski definition) is 2. The molecule has 0 atom stereocenters. The van der Waals surface area contributed by atoms with Gasteiger partial charge in [-0.1, -0.05) is 45.1 Å². The zero-order chi connectivity index (χ0) is 15.7. The summed E-state index contributed by atoms with van der Waals surface area (Å²) in [6, 6.07) is 4.96. The molecular weight excluding hydrogens is 288 g/mol. The highest BCUT2D eigenvalue weighted by molar-refractivity contribution is 7.89. The van der Waals surface area contributed by atoms with Crippen molar-refractivity contribution in [1.82, 2.24) is 4.83 Å². The van der Waals surface area contributed by atoms with E-state index in [1.54, 1.807) is 12.1 Å². The van der Waals surface area contributed by atoms with Crippen LogP contribution in [-0.4, -0.2) is 15.0 Å². The maximum atomic E-state index is 11.8. The minimum absolute atomic E-state index is 0.0848. The molecular formula is C15H26N2O3S. The van der Waals surface area contributed by atoms with Gasteiger partial charge in [-0.3, -0.25) is 5.84 Å². The first-order valence-electron chi connectivity index (χ1n) is 7.47. The molecule has 0 heterocycles.